The van der Waals surface area contributed by atoms with Gasteiger partial charge in [0.2, 0.25) is 0 Å². The Balaban J connectivity index is -0.000000316. The molecule has 0 aliphatic heterocycles. The molecule has 0 N–H and O–H groups in total. The van der Waals surface area contributed by atoms with Crippen molar-refractivity contribution in [2.24, 2.45) is 0 Å². The average molecular weight is 594 g/mol. The van der Waals surface area contributed by atoms with Crippen LogP contribution in [0.3, 0.4) is 0 Å². The topological polar surface area (TPSA) is 54.5 Å². The molecule has 9 heteroatoms. The molecule has 0 amide bonds. The van der Waals surface area contributed by atoms with Crippen LogP contribution in [0, 0.1) is 0 Å². The Labute approximate surface area is 225 Å². The summed E-state index contributed by atoms with van der Waals surface area (Å²) >= 11 is 0. The smallest absolute Gasteiger partial charge is 0.668 e. The molecule has 2 heterocycles. The van der Waals surface area contributed by atoms with Crippen molar-refractivity contribution in [2.45, 2.75) is 78.6 Å². The van der Waals surface area contributed by atoms with Gasteiger partial charge in [-0.1, -0.05) is 112 Å². The molecule has 0 bridgehead atoms. The number of hydrogen-bond donors (Lipinski definition) is 0. The van der Waals surface area contributed by atoms with Crippen molar-refractivity contribution in [3.8, 4) is 0 Å². The summed E-state index contributed by atoms with van der Waals surface area (Å²) in [6.45, 7) is 27.6. The molecule has 0 aliphatic carbocycles. The summed E-state index contributed by atoms with van der Waals surface area (Å²) in [5.74, 6) is 0. The minimum atomic E-state index is -1.11. The van der Waals surface area contributed by atoms with E-state index in [0.29, 0.717) is 0 Å². The summed E-state index contributed by atoms with van der Waals surface area (Å²) in [5, 5.41) is 0. The first-order chi connectivity index (χ1) is 12.4. The van der Waals surface area contributed by atoms with Gasteiger partial charge in [0, 0.05) is 0 Å². The second-order valence-corrected chi connectivity index (χ2v) is 29.6. The Morgan fingerprint density at radius 1 is 0.414 bits per heavy atom. The van der Waals surface area contributed by atoms with Crippen molar-refractivity contribution in [3.63, 3.8) is 0 Å². The molecule has 0 atom stereocenters. The van der Waals surface area contributed by atoms with Gasteiger partial charge < -0.3 is 18.1 Å². The molecule has 0 saturated carbocycles. The minimum absolute atomic E-state index is 0. The van der Waals surface area contributed by atoms with E-state index in [2.05, 4.69) is 87.4 Å². The predicted molar refractivity (Wildman–Crippen MR) is 143 cm³/mol. The number of rotatable bonds is 4. The van der Waals surface area contributed by atoms with Gasteiger partial charge >= 0.3 is 48.9 Å². The third-order valence-electron chi connectivity index (χ3n) is 2.19. The second kappa shape index (κ2) is 16.5. The molecule has 0 spiro atoms. The van der Waals surface area contributed by atoms with Crippen LogP contribution in [0.15, 0.2) is 58.2 Å². The zero-order valence-corrected chi connectivity index (χ0v) is 29.5. The molecule has 2 aromatic rings. The molecule has 29 heavy (non-hydrogen) atoms. The van der Waals surface area contributed by atoms with Crippen LogP contribution in [0.1, 0.15) is 0 Å². The van der Waals surface area contributed by atoms with Gasteiger partial charge in [0.05, 0.1) is 25.1 Å². The Morgan fingerprint density at radius 3 is 0.621 bits per heavy atom. The van der Waals surface area contributed by atoms with Crippen molar-refractivity contribution in [1.29, 1.82) is 0 Å². The largest absolute Gasteiger partial charge is 2.00 e. The molecular formula is C20H44BaN2O2Si4. The van der Waals surface area contributed by atoms with E-state index in [-0.39, 0.29) is 48.9 Å². The van der Waals surface area contributed by atoms with E-state index < -0.39 is 32.9 Å². The Bertz CT molecular complexity index is 443. The van der Waals surface area contributed by atoms with E-state index in [1.165, 1.54) is 0 Å². The van der Waals surface area contributed by atoms with Crippen LogP contribution >= 0.6 is 0 Å². The third-order valence-corrected chi connectivity index (χ3v) is 12.9. The fourth-order valence-electron chi connectivity index (χ4n) is 2.47. The van der Waals surface area contributed by atoms with E-state index in [1.54, 1.807) is 25.1 Å². The zero-order chi connectivity index (χ0) is 22.5. The van der Waals surface area contributed by atoms with E-state index >= 15 is 0 Å². The zero-order valence-electron chi connectivity index (χ0n) is 21.0. The van der Waals surface area contributed by atoms with Crippen molar-refractivity contribution in [2.75, 3.05) is 0 Å². The van der Waals surface area contributed by atoms with Crippen LogP contribution in [0.5, 0.6) is 0 Å². The van der Waals surface area contributed by atoms with Gasteiger partial charge in [-0.2, -0.15) is 0 Å². The molecule has 4 nitrogen and oxygen atoms in total. The van der Waals surface area contributed by atoms with Gasteiger partial charge in [-0.25, -0.2) is 0 Å². The molecule has 0 radical (unpaired) electrons. The van der Waals surface area contributed by atoms with Crippen LogP contribution in [-0.2, 0) is 0 Å². The summed E-state index contributed by atoms with van der Waals surface area (Å²) in [5.41, 5.74) is 0. The first-order valence-electron chi connectivity index (χ1n) is 9.84. The van der Waals surface area contributed by atoms with Crippen LogP contribution < -0.4 is 0 Å². The molecule has 0 fully saturated rings. The molecule has 0 aliphatic rings. The van der Waals surface area contributed by atoms with E-state index in [1.807, 2.05) is 24.3 Å². The van der Waals surface area contributed by atoms with Gasteiger partial charge in [0.1, 0.15) is 0 Å². The van der Waals surface area contributed by atoms with Crippen molar-refractivity contribution in [3.05, 3.63) is 58.6 Å². The third kappa shape index (κ3) is 39.9. The summed E-state index contributed by atoms with van der Waals surface area (Å²) in [6.07, 6.45) is 6.50. The van der Waals surface area contributed by atoms with Gasteiger partial charge in [-0.15, -0.1) is 0 Å². The van der Waals surface area contributed by atoms with Gasteiger partial charge in [-0.3, -0.25) is 0 Å². The quantitative estimate of drug-likeness (QED) is 0.335. The first kappa shape index (κ1) is 34.5. The normalized spacial score (nSPS) is 11.4. The van der Waals surface area contributed by atoms with Crippen LogP contribution in [0.4, 0.5) is 0 Å². The summed E-state index contributed by atoms with van der Waals surface area (Å²) in [6, 6.07) is 7.33. The minimum Gasteiger partial charge on any atom is -0.668 e. The van der Waals surface area contributed by atoms with Crippen LogP contribution in [0.25, 0.3) is 9.30 Å². The molecule has 0 unspecified atom stereocenters. The maximum absolute atomic E-state index is 4.82. The van der Waals surface area contributed by atoms with Gasteiger partial charge in [-0.05, 0) is 24.3 Å². The average Bonchev–Trinajstić information content (AvgIpc) is 3.11. The second-order valence-electron chi connectivity index (χ2n) is 10.5. The molecule has 164 valence electrons. The van der Waals surface area contributed by atoms with Crippen LogP contribution in [0.2, 0.25) is 78.6 Å². The van der Waals surface area contributed by atoms with E-state index in [0.717, 1.165) is 0 Å². The Morgan fingerprint density at radius 2 is 0.586 bits per heavy atom. The summed E-state index contributed by atoms with van der Waals surface area (Å²) in [7, 11) is -4.42. The van der Waals surface area contributed by atoms with Crippen molar-refractivity contribution >= 4 is 81.8 Å². The summed E-state index contributed by atoms with van der Waals surface area (Å²) < 4.78 is 18.8. The number of hydrogen-bond acceptors (Lipinski definition) is 2. The number of furan rings is 2. The predicted octanol–water partition coefficient (Wildman–Crippen LogP) is 8.24. The van der Waals surface area contributed by atoms with E-state index in [4.69, 9.17) is 9.30 Å². The maximum Gasteiger partial charge on any atom is 2.00 e. The van der Waals surface area contributed by atoms with E-state index in [9.17, 15) is 0 Å². The molecular weight excluding hydrogens is 550 g/mol. The Kier molecular flexibility index (Phi) is 19.7. The molecule has 0 aromatic carbocycles. The molecule has 0 saturated heterocycles. The van der Waals surface area contributed by atoms with Gasteiger partial charge in [0.15, 0.2) is 0 Å². The monoisotopic (exact) mass is 594 g/mol. The SMILES string of the molecule is C[Si](C)(C)[N-][Si](C)(C)C.C[Si](C)(C)[N-][Si](C)(C)C.[Ba+2].c1ccoc1.c1ccoc1. The standard InChI is InChI=1S/2C6H18NSi2.2C4H4O.Ba/c2*1-8(2,3)7-9(4,5)6;2*1-2-4-5-3-1;/h2*1-6H3;2*1-4H;/q2*-1;;;+2. The first-order valence-corrected chi connectivity index (χ1v) is 23.6. The molecule has 2 aromatic heterocycles. The van der Waals surface area contributed by atoms with Crippen LogP contribution in [-0.4, -0.2) is 81.8 Å². The number of nitrogens with zero attached hydrogens (tertiary/aromatic N) is 2. The fourth-order valence-corrected chi connectivity index (χ4v) is 18.6. The fraction of sp³-hybridized carbons (Fsp3) is 0.600. The maximum atomic E-state index is 4.82. The Hall–Kier alpha value is 0.919. The van der Waals surface area contributed by atoms with Gasteiger partial charge in [0.25, 0.3) is 0 Å². The summed E-state index contributed by atoms with van der Waals surface area (Å²) in [4.78, 5) is 0. The van der Waals surface area contributed by atoms with Crippen molar-refractivity contribution < 1.29 is 8.83 Å². The van der Waals surface area contributed by atoms with Crippen molar-refractivity contribution in [1.82, 2.24) is 0 Å². The molecule has 2 rings (SSSR count).